The molecule has 3 rings (SSSR count). The van der Waals surface area contributed by atoms with Crippen LogP contribution in [0.2, 0.25) is 0 Å². The van der Waals surface area contributed by atoms with Crippen LogP contribution in [0.5, 0.6) is 5.75 Å². The zero-order valence-corrected chi connectivity index (χ0v) is 21.0. The summed E-state index contributed by atoms with van der Waals surface area (Å²) < 4.78 is 38.4. The number of likely N-dealkylation sites (N-methyl/N-ethyl adjacent to an activating group) is 1. The van der Waals surface area contributed by atoms with Crippen molar-refractivity contribution < 1.29 is 22.7 Å². The van der Waals surface area contributed by atoms with Gasteiger partial charge in [0.1, 0.15) is 10.6 Å². The van der Waals surface area contributed by atoms with Crippen LogP contribution in [0.3, 0.4) is 0 Å². The van der Waals surface area contributed by atoms with Crippen molar-refractivity contribution in [1.82, 2.24) is 14.5 Å². The number of rotatable bonds is 11. The van der Waals surface area contributed by atoms with E-state index in [1.54, 1.807) is 6.07 Å². The third-order valence-electron chi connectivity index (χ3n) is 6.15. The molecule has 0 spiro atoms. The number of hydrogen-bond acceptors (Lipinski definition) is 6. The normalized spacial score (nSPS) is 15.8. The molecule has 34 heavy (non-hydrogen) atoms. The fraction of sp³-hybridized carbons (Fsp3) is 0.480. The molecule has 2 aromatic carbocycles. The number of methoxy groups -OCH3 is 1. The van der Waals surface area contributed by atoms with Crippen LogP contribution in [0.1, 0.15) is 29.8 Å². The number of nitrogens with zero attached hydrogens (tertiary/aromatic N) is 2. The molecule has 9 heteroatoms. The second-order valence-electron chi connectivity index (χ2n) is 8.16. The molecule has 186 valence electrons. The van der Waals surface area contributed by atoms with E-state index in [2.05, 4.69) is 36.2 Å². The topological polar surface area (TPSA) is 88.2 Å². The molecule has 0 saturated carbocycles. The largest absolute Gasteiger partial charge is 0.495 e. The Kier molecular flexibility index (Phi) is 9.46. The first kappa shape index (κ1) is 26.2. The number of hydrogen-bond donors (Lipinski definition) is 1. The third kappa shape index (κ3) is 6.35. The molecule has 0 radical (unpaired) electrons. The van der Waals surface area contributed by atoms with Gasteiger partial charge in [-0.3, -0.25) is 9.69 Å². The molecule has 1 fully saturated rings. The average Bonchev–Trinajstić information content (AvgIpc) is 2.88. The molecule has 0 aromatic heterocycles. The number of morpholine rings is 1. The maximum atomic E-state index is 13.2. The Labute approximate surface area is 202 Å². The highest BCUT2D eigenvalue weighted by molar-refractivity contribution is 7.89. The van der Waals surface area contributed by atoms with Crippen LogP contribution in [0.4, 0.5) is 0 Å². The first-order valence-corrected chi connectivity index (χ1v) is 13.2. The fourth-order valence-electron chi connectivity index (χ4n) is 4.21. The lowest BCUT2D eigenvalue weighted by Crippen LogP contribution is -2.45. The van der Waals surface area contributed by atoms with Crippen LogP contribution in [0.25, 0.3) is 0 Å². The van der Waals surface area contributed by atoms with Gasteiger partial charge in [0.15, 0.2) is 0 Å². The van der Waals surface area contributed by atoms with Gasteiger partial charge in [-0.05, 0) is 43.3 Å². The molecule has 1 aliphatic rings. The maximum Gasteiger partial charge on any atom is 0.251 e. The molecular formula is C25H35N3O5S. The van der Waals surface area contributed by atoms with Crippen molar-refractivity contribution in [2.75, 3.05) is 53.0 Å². The number of ether oxygens (including phenoxy) is 2. The van der Waals surface area contributed by atoms with Crippen LogP contribution in [-0.2, 0) is 21.2 Å². The number of carbonyl (C=O) groups excluding carboxylic acids is 1. The van der Waals surface area contributed by atoms with Gasteiger partial charge < -0.3 is 14.8 Å². The Hall–Kier alpha value is -2.46. The molecule has 1 amide bonds. The molecule has 1 N–H and O–H groups in total. The summed E-state index contributed by atoms with van der Waals surface area (Å²) >= 11 is 0. The predicted octanol–water partition coefficient (Wildman–Crippen LogP) is 2.40. The summed E-state index contributed by atoms with van der Waals surface area (Å²) in [5.74, 6) is -0.0977. The molecule has 1 saturated heterocycles. The zero-order valence-electron chi connectivity index (χ0n) is 20.2. The Balaban J connectivity index is 1.78. The minimum Gasteiger partial charge on any atom is -0.495 e. The van der Waals surface area contributed by atoms with Crippen molar-refractivity contribution in [2.24, 2.45) is 0 Å². The predicted molar refractivity (Wildman–Crippen MR) is 132 cm³/mol. The van der Waals surface area contributed by atoms with Crippen molar-refractivity contribution in [2.45, 2.75) is 31.2 Å². The van der Waals surface area contributed by atoms with E-state index in [-0.39, 0.29) is 41.2 Å². The van der Waals surface area contributed by atoms with E-state index in [4.69, 9.17) is 9.47 Å². The van der Waals surface area contributed by atoms with Crippen molar-refractivity contribution in [3.63, 3.8) is 0 Å². The first-order chi connectivity index (χ1) is 16.4. The van der Waals surface area contributed by atoms with Gasteiger partial charge in [-0.1, -0.05) is 44.2 Å². The zero-order chi connectivity index (χ0) is 24.6. The van der Waals surface area contributed by atoms with E-state index in [0.29, 0.717) is 19.8 Å². The monoisotopic (exact) mass is 489 g/mol. The summed E-state index contributed by atoms with van der Waals surface area (Å²) in [4.78, 5) is 15.4. The van der Waals surface area contributed by atoms with Crippen molar-refractivity contribution in [3.05, 3.63) is 59.7 Å². The lowest BCUT2D eigenvalue weighted by Gasteiger charge is -2.30. The molecule has 1 atom stereocenters. The van der Waals surface area contributed by atoms with Crippen molar-refractivity contribution in [3.8, 4) is 5.75 Å². The highest BCUT2D eigenvalue weighted by Crippen LogP contribution is 2.28. The highest BCUT2D eigenvalue weighted by Gasteiger charge is 2.30. The van der Waals surface area contributed by atoms with Gasteiger partial charge in [-0.25, -0.2) is 8.42 Å². The Bertz CT molecular complexity index is 1040. The van der Waals surface area contributed by atoms with E-state index < -0.39 is 10.0 Å². The summed E-state index contributed by atoms with van der Waals surface area (Å²) in [5, 5.41) is 3.01. The molecule has 1 aliphatic heterocycles. The smallest absolute Gasteiger partial charge is 0.251 e. The van der Waals surface area contributed by atoms with Gasteiger partial charge in [0.2, 0.25) is 10.0 Å². The Morgan fingerprint density at radius 3 is 2.41 bits per heavy atom. The molecule has 2 aromatic rings. The van der Waals surface area contributed by atoms with Crippen LogP contribution < -0.4 is 10.1 Å². The highest BCUT2D eigenvalue weighted by atomic mass is 32.2. The van der Waals surface area contributed by atoms with E-state index in [9.17, 15) is 13.2 Å². The number of sulfonamides is 1. The Morgan fingerprint density at radius 2 is 1.79 bits per heavy atom. The average molecular weight is 490 g/mol. The van der Waals surface area contributed by atoms with Gasteiger partial charge >= 0.3 is 0 Å². The van der Waals surface area contributed by atoms with E-state index >= 15 is 0 Å². The summed E-state index contributed by atoms with van der Waals surface area (Å²) in [5.41, 5.74) is 1.49. The second kappa shape index (κ2) is 12.3. The lowest BCUT2D eigenvalue weighted by atomic mass is 10.0. The minimum absolute atomic E-state index is 0.00544. The van der Waals surface area contributed by atoms with Gasteiger partial charge in [0.05, 0.1) is 20.3 Å². The summed E-state index contributed by atoms with van der Waals surface area (Å²) in [6, 6.07) is 14.9. The summed E-state index contributed by atoms with van der Waals surface area (Å²) in [6.45, 7) is 7.63. The van der Waals surface area contributed by atoms with Crippen LogP contribution in [0.15, 0.2) is 53.4 Å². The molecule has 1 heterocycles. The van der Waals surface area contributed by atoms with E-state index in [0.717, 1.165) is 19.5 Å². The number of nitrogens with one attached hydrogen (secondary N) is 1. The third-order valence-corrected chi connectivity index (χ3v) is 8.07. The van der Waals surface area contributed by atoms with Gasteiger partial charge in [0.25, 0.3) is 5.91 Å². The number of carbonyl (C=O) groups is 1. The molecule has 0 aliphatic carbocycles. The number of benzene rings is 2. The second-order valence-corrected chi connectivity index (χ2v) is 10.1. The van der Waals surface area contributed by atoms with Crippen molar-refractivity contribution in [1.29, 1.82) is 0 Å². The van der Waals surface area contributed by atoms with E-state index in [1.165, 1.54) is 29.1 Å². The van der Waals surface area contributed by atoms with Crippen LogP contribution in [0, 0.1) is 0 Å². The van der Waals surface area contributed by atoms with Gasteiger partial charge in [-0.2, -0.15) is 4.31 Å². The summed E-state index contributed by atoms with van der Waals surface area (Å²) in [7, 11) is -2.39. The van der Waals surface area contributed by atoms with E-state index in [1.807, 2.05) is 18.2 Å². The summed E-state index contributed by atoms with van der Waals surface area (Å²) in [6.07, 6.45) is 0.808. The molecule has 8 nitrogen and oxygen atoms in total. The standard InChI is InChI=1S/C25H35N3O5S/c1-4-27(5-2)22(17-20-9-7-6-8-10-20)19-26-25(29)21-11-12-23(32-3)24(18-21)34(30,31)28-13-15-33-16-14-28/h6-12,18,22H,4-5,13-17,19H2,1-3H3,(H,26,29). The fourth-order valence-corrected chi connectivity index (χ4v) is 5.80. The van der Waals surface area contributed by atoms with Gasteiger partial charge in [-0.15, -0.1) is 0 Å². The maximum absolute atomic E-state index is 13.2. The minimum atomic E-state index is -3.81. The SMILES string of the molecule is CCN(CC)C(CNC(=O)c1ccc(OC)c(S(=O)(=O)N2CCOCC2)c1)Cc1ccccc1. The molecule has 1 unspecified atom stereocenters. The van der Waals surface area contributed by atoms with Crippen LogP contribution >= 0.6 is 0 Å². The van der Waals surface area contributed by atoms with Crippen molar-refractivity contribution >= 4 is 15.9 Å². The Morgan fingerprint density at radius 1 is 1.12 bits per heavy atom. The lowest BCUT2D eigenvalue weighted by molar-refractivity contribution is 0.0729. The molecular weight excluding hydrogens is 454 g/mol. The molecule has 0 bridgehead atoms. The quantitative estimate of drug-likeness (QED) is 0.522. The number of amides is 1. The van der Waals surface area contributed by atoms with Crippen LogP contribution in [-0.4, -0.2) is 82.6 Å². The van der Waals surface area contributed by atoms with Gasteiger partial charge in [0, 0.05) is 31.2 Å². The first-order valence-electron chi connectivity index (χ1n) is 11.7.